The zero-order chi connectivity index (χ0) is 26.3. The number of benzene rings is 3. The molecule has 1 atom stereocenters. The van der Waals surface area contributed by atoms with Crippen molar-refractivity contribution < 1.29 is 24.3 Å². The summed E-state index contributed by atoms with van der Waals surface area (Å²) < 4.78 is 0.764. The smallest absolute Gasteiger partial charge is 0.302 e. The standard InChI is InChI=1S/C27H20N4O5S/c1-14-8-7-9-15(2)22(14)31-26(35)21(29-30-24(34)16-10-3-5-12-18(16)32)20(23(33)27(31)36)25-28-17-11-4-6-13-19(17)37-25/h3-13,20,32H,1-2H3,(H,30,34). The fourth-order valence-corrected chi connectivity index (χ4v) is 5.31. The lowest BCUT2D eigenvalue weighted by molar-refractivity contribution is -0.139. The number of hydrogen-bond donors (Lipinski definition) is 2. The number of carbonyl (C=O) groups is 4. The number of fused-ring (bicyclic) bond motifs is 1. The average Bonchev–Trinajstić information content (AvgIpc) is 3.31. The number of ketones is 1. The van der Waals surface area contributed by atoms with E-state index < -0.39 is 29.4 Å². The van der Waals surface area contributed by atoms with Gasteiger partial charge >= 0.3 is 5.91 Å². The summed E-state index contributed by atoms with van der Waals surface area (Å²) in [6.45, 7) is 3.45. The minimum atomic E-state index is -1.40. The number of Topliss-reactive ketones (excluding diaryl/α,β-unsaturated/α-hetero) is 1. The highest BCUT2D eigenvalue weighted by Crippen LogP contribution is 2.35. The van der Waals surface area contributed by atoms with Gasteiger partial charge < -0.3 is 5.11 Å². The number of carbonyl (C=O) groups excluding carboxylic acids is 4. The molecule has 4 aromatic rings. The molecule has 0 aliphatic carbocycles. The Morgan fingerprint density at radius 3 is 2.32 bits per heavy atom. The number of imide groups is 1. The van der Waals surface area contributed by atoms with Gasteiger partial charge in [-0.1, -0.05) is 42.5 Å². The van der Waals surface area contributed by atoms with E-state index in [9.17, 15) is 24.3 Å². The maximum Gasteiger partial charge on any atom is 0.302 e. The third-order valence-corrected chi connectivity index (χ3v) is 7.12. The molecule has 0 spiro atoms. The molecule has 1 fully saturated rings. The number of hydrogen-bond acceptors (Lipinski definition) is 8. The highest BCUT2D eigenvalue weighted by molar-refractivity contribution is 7.19. The van der Waals surface area contributed by atoms with Crippen molar-refractivity contribution in [3.8, 4) is 5.75 Å². The van der Waals surface area contributed by atoms with E-state index in [-0.39, 0.29) is 27.7 Å². The number of piperidine rings is 1. The molecule has 184 valence electrons. The molecule has 0 bridgehead atoms. The van der Waals surface area contributed by atoms with Crippen LogP contribution in [0.5, 0.6) is 5.75 Å². The van der Waals surface area contributed by atoms with Crippen molar-refractivity contribution in [2.75, 3.05) is 4.90 Å². The highest BCUT2D eigenvalue weighted by atomic mass is 32.1. The van der Waals surface area contributed by atoms with Gasteiger partial charge in [-0.15, -0.1) is 11.3 Å². The predicted octanol–water partition coefficient (Wildman–Crippen LogP) is 3.63. The largest absolute Gasteiger partial charge is 0.507 e. The zero-order valence-corrected chi connectivity index (χ0v) is 20.6. The summed E-state index contributed by atoms with van der Waals surface area (Å²) in [4.78, 5) is 58.7. The number of phenolic OH excluding ortho intramolecular Hbond substituents is 1. The van der Waals surface area contributed by atoms with Crippen molar-refractivity contribution in [3.63, 3.8) is 0 Å². The SMILES string of the molecule is Cc1cccc(C)c1N1C(=O)C(=O)C(c2nc3ccccc3s2)C(=NNC(=O)c2ccccc2O)C1=O. The van der Waals surface area contributed by atoms with Gasteiger partial charge in [0.1, 0.15) is 22.4 Å². The number of aryl methyl sites for hydroxylation is 2. The summed E-state index contributed by atoms with van der Waals surface area (Å²) in [6.07, 6.45) is 0. The summed E-state index contributed by atoms with van der Waals surface area (Å²) in [5.74, 6) is -5.20. The molecule has 0 radical (unpaired) electrons. The van der Waals surface area contributed by atoms with E-state index >= 15 is 0 Å². The number of para-hydroxylation sites is 3. The first kappa shape index (κ1) is 24.0. The number of rotatable bonds is 4. The van der Waals surface area contributed by atoms with Crippen molar-refractivity contribution in [1.82, 2.24) is 10.4 Å². The zero-order valence-electron chi connectivity index (χ0n) is 19.8. The molecule has 1 unspecified atom stereocenters. The van der Waals surface area contributed by atoms with E-state index in [1.165, 1.54) is 12.1 Å². The Balaban J connectivity index is 1.63. The van der Waals surface area contributed by atoms with Crippen molar-refractivity contribution in [1.29, 1.82) is 0 Å². The minimum Gasteiger partial charge on any atom is -0.507 e. The Hall–Kier alpha value is -4.70. The first-order valence-electron chi connectivity index (χ1n) is 11.3. The Morgan fingerprint density at radius 2 is 1.62 bits per heavy atom. The van der Waals surface area contributed by atoms with Crippen LogP contribution in [0.1, 0.15) is 32.4 Å². The molecule has 2 heterocycles. The molecule has 1 aliphatic heterocycles. The molecule has 3 amide bonds. The quantitative estimate of drug-likeness (QED) is 0.244. The predicted molar refractivity (Wildman–Crippen MR) is 139 cm³/mol. The number of aromatic nitrogens is 1. The number of amides is 3. The van der Waals surface area contributed by atoms with Gasteiger partial charge in [0.15, 0.2) is 0 Å². The summed E-state index contributed by atoms with van der Waals surface area (Å²) >= 11 is 1.16. The van der Waals surface area contributed by atoms with Gasteiger partial charge in [0.2, 0.25) is 5.78 Å². The van der Waals surface area contributed by atoms with Crippen molar-refractivity contribution in [2.45, 2.75) is 19.8 Å². The first-order chi connectivity index (χ1) is 17.8. The first-order valence-corrected chi connectivity index (χ1v) is 12.1. The number of anilines is 1. The molecule has 1 aromatic heterocycles. The molecule has 2 N–H and O–H groups in total. The van der Waals surface area contributed by atoms with Crippen LogP contribution in [0.15, 0.2) is 71.8 Å². The van der Waals surface area contributed by atoms with Gasteiger partial charge in [-0.25, -0.2) is 15.3 Å². The molecule has 10 heteroatoms. The molecular weight excluding hydrogens is 492 g/mol. The van der Waals surface area contributed by atoms with Crippen LogP contribution in [0.3, 0.4) is 0 Å². The second-order valence-corrected chi connectivity index (χ2v) is 9.52. The molecule has 3 aromatic carbocycles. The summed E-state index contributed by atoms with van der Waals surface area (Å²) in [7, 11) is 0. The number of hydrazone groups is 1. The van der Waals surface area contributed by atoms with E-state index in [0.717, 1.165) is 20.9 Å². The highest BCUT2D eigenvalue weighted by Gasteiger charge is 2.49. The van der Waals surface area contributed by atoms with Crippen LogP contribution in [-0.2, 0) is 14.4 Å². The van der Waals surface area contributed by atoms with E-state index in [1.54, 1.807) is 56.3 Å². The normalized spacial score (nSPS) is 17.0. The second kappa shape index (κ2) is 9.40. The van der Waals surface area contributed by atoms with Gasteiger partial charge in [-0.3, -0.25) is 19.2 Å². The summed E-state index contributed by atoms with van der Waals surface area (Å²) in [5.41, 5.74) is 3.96. The van der Waals surface area contributed by atoms with Crippen molar-refractivity contribution in [2.24, 2.45) is 5.10 Å². The van der Waals surface area contributed by atoms with Gasteiger partial charge in [0, 0.05) is 0 Å². The minimum absolute atomic E-state index is 0.0688. The van der Waals surface area contributed by atoms with Crippen molar-refractivity contribution >= 4 is 56.5 Å². The topological polar surface area (TPSA) is 129 Å². The van der Waals surface area contributed by atoms with Crippen LogP contribution in [0.4, 0.5) is 5.69 Å². The Morgan fingerprint density at radius 1 is 0.946 bits per heavy atom. The van der Waals surface area contributed by atoms with Gasteiger partial charge in [0.25, 0.3) is 11.8 Å². The molecule has 5 rings (SSSR count). The van der Waals surface area contributed by atoms with E-state index in [0.29, 0.717) is 16.6 Å². The average molecular weight is 513 g/mol. The molecular formula is C27H20N4O5S. The molecule has 37 heavy (non-hydrogen) atoms. The third kappa shape index (κ3) is 4.17. The fourth-order valence-electron chi connectivity index (χ4n) is 4.24. The lowest BCUT2D eigenvalue weighted by Crippen LogP contribution is -2.55. The number of nitrogens with zero attached hydrogens (tertiary/aromatic N) is 3. The van der Waals surface area contributed by atoms with Gasteiger partial charge in [-0.2, -0.15) is 5.10 Å². The van der Waals surface area contributed by atoms with Crippen LogP contribution >= 0.6 is 11.3 Å². The molecule has 1 saturated heterocycles. The van der Waals surface area contributed by atoms with Gasteiger partial charge in [0.05, 0.1) is 21.5 Å². The Kier molecular flexibility index (Phi) is 6.10. The maximum absolute atomic E-state index is 13.8. The Labute approximate surface area is 215 Å². The fraction of sp³-hybridized carbons (Fsp3) is 0.111. The number of phenols is 1. The number of thiazole rings is 1. The lowest BCUT2D eigenvalue weighted by atomic mass is 9.91. The Bertz CT molecular complexity index is 1590. The molecule has 9 nitrogen and oxygen atoms in total. The molecule has 1 aliphatic rings. The van der Waals surface area contributed by atoms with Crippen LogP contribution in [0.2, 0.25) is 0 Å². The molecule has 0 saturated carbocycles. The number of aromatic hydroxyl groups is 1. The van der Waals surface area contributed by atoms with Crippen LogP contribution < -0.4 is 10.3 Å². The van der Waals surface area contributed by atoms with Crippen LogP contribution in [0.25, 0.3) is 10.2 Å². The summed E-state index contributed by atoms with van der Waals surface area (Å²) in [6, 6.07) is 18.2. The van der Waals surface area contributed by atoms with Gasteiger partial charge in [-0.05, 0) is 49.2 Å². The van der Waals surface area contributed by atoms with E-state index in [2.05, 4.69) is 15.5 Å². The van der Waals surface area contributed by atoms with Crippen LogP contribution in [0, 0.1) is 13.8 Å². The van der Waals surface area contributed by atoms with E-state index in [1.807, 2.05) is 12.1 Å². The number of nitrogens with one attached hydrogen (secondary N) is 1. The lowest BCUT2D eigenvalue weighted by Gasteiger charge is -2.30. The van der Waals surface area contributed by atoms with E-state index in [4.69, 9.17) is 0 Å². The second-order valence-electron chi connectivity index (χ2n) is 8.46. The summed E-state index contributed by atoms with van der Waals surface area (Å²) in [5, 5.41) is 14.3. The van der Waals surface area contributed by atoms with Crippen molar-refractivity contribution in [3.05, 3.63) is 88.4 Å². The maximum atomic E-state index is 13.8. The van der Waals surface area contributed by atoms with Crippen LogP contribution in [-0.4, -0.2) is 39.3 Å². The monoisotopic (exact) mass is 512 g/mol. The third-order valence-electron chi connectivity index (χ3n) is 6.02.